The molecule has 2 fully saturated rings. The smallest absolute Gasteiger partial charge is 0.326 e. The van der Waals surface area contributed by atoms with E-state index in [0.717, 1.165) is 38.3 Å². The zero-order valence-electron chi connectivity index (χ0n) is 15.0. The highest BCUT2D eigenvalue weighted by molar-refractivity contribution is 5.97. The van der Waals surface area contributed by atoms with Crippen molar-refractivity contribution in [3.63, 3.8) is 0 Å². The molecule has 1 aromatic rings. The number of carboxylic acids is 1. The van der Waals surface area contributed by atoms with Gasteiger partial charge in [-0.05, 0) is 51.0 Å². The summed E-state index contributed by atoms with van der Waals surface area (Å²) in [6.45, 7) is 9.03. The highest BCUT2D eigenvalue weighted by atomic mass is 16.4. The molecule has 1 atom stereocenters. The fourth-order valence-corrected chi connectivity index (χ4v) is 3.74. The Morgan fingerprint density at radius 2 is 1.68 bits per heavy atom. The lowest BCUT2D eigenvalue weighted by molar-refractivity contribution is -0.141. The largest absolute Gasteiger partial charge is 0.480 e. The molecular weight excluding hydrogens is 318 g/mol. The summed E-state index contributed by atoms with van der Waals surface area (Å²) in [5.74, 6) is -1.09. The first-order valence-corrected chi connectivity index (χ1v) is 9.10. The van der Waals surface area contributed by atoms with E-state index in [-0.39, 0.29) is 5.91 Å². The van der Waals surface area contributed by atoms with Crippen LogP contribution in [0.3, 0.4) is 0 Å². The van der Waals surface area contributed by atoms with Crippen LogP contribution in [0.2, 0.25) is 0 Å². The van der Waals surface area contributed by atoms with E-state index in [4.69, 9.17) is 0 Å². The maximum Gasteiger partial charge on any atom is 0.326 e. The van der Waals surface area contributed by atoms with E-state index < -0.39 is 12.0 Å². The molecule has 136 valence electrons. The number of rotatable bonds is 4. The number of nitrogens with zero attached hydrogens (tertiary/aromatic N) is 3. The van der Waals surface area contributed by atoms with Crippen molar-refractivity contribution in [2.75, 3.05) is 37.6 Å². The van der Waals surface area contributed by atoms with Crippen LogP contribution < -0.4 is 4.90 Å². The van der Waals surface area contributed by atoms with Gasteiger partial charge in [-0.25, -0.2) is 4.79 Å². The van der Waals surface area contributed by atoms with Crippen LogP contribution in [0.15, 0.2) is 24.3 Å². The van der Waals surface area contributed by atoms with Crippen molar-refractivity contribution >= 4 is 17.6 Å². The van der Waals surface area contributed by atoms with Crippen LogP contribution in [0.25, 0.3) is 0 Å². The van der Waals surface area contributed by atoms with Gasteiger partial charge in [0.25, 0.3) is 5.91 Å². The van der Waals surface area contributed by atoms with Crippen molar-refractivity contribution in [1.82, 2.24) is 9.80 Å². The average molecular weight is 345 g/mol. The molecule has 0 aromatic heterocycles. The monoisotopic (exact) mass is 345 g/mol. The van der Waals surface area contributed by atoms with Gasteiger partial charge in [0.05, 0.1) is 0 Å². The van der Waals surface area contributed by atoms with Crippen LogP contribution in [0, 0.1) is 0 Å². The van der Waals surface area contributed by atoms with E-state index in [1.807, 2.05) is 24.3 Å². The van der Waals surface area contributed by atoms with E-state index >= 15 is 0 Å². The van der Waals surface area contributed by atoms with Gasteiger partial charge in [0, 0.05) is 50.0 Å². The topological polar surface area (TPSA) is 64.1 Å². The number of anilines is 1. The Bertz CT molecular complexity index is 621. The van der Waals surface area contributed by atoms with Gasteiger partial charge in [-0.2, -0.15) is 0 Å². The lowest BCUT2D eigenvalue weighted by atomic mass is 10.1. The van der Waals surface area contributed by atoms with Crippen LogP contribution >= 0.6 is 0 Å². The quantitative estimate of drug-likeness (QED) is 0.903. The lowest BCUT2D eigenvalue weighted by Gasteiger charge is -2.38. The summed E-state index contributed by atoms with van der Waals surface area (Å²) in [5.41, 5.74) is 1.69. The molecule has 0 aliphatic carbocycles. The summed E-state index contributed by atoms with van der Waals surface area (Å²) in [5, 5.41) is 9.25. The minimum Gasteiger partial charge on any atom is -0.480 e. The second kappa shape index (κ2) is 7.44. The molecule has 0 radical (unpaired) electrons. The Morgan fingerprint density at radius 1 is 1.04 bits per heavy atom. The number of carbonyl (C=O) groups excluding carboxylic acids is 1. The van der Waals surface area contributed by atoms with Crippen molar-refractivity contribution in [3.05, 3.63) is 29.8 Å². The summed E-state index contributed by atoms with van der Waals surface area (Å²) in [6, 6.07) is 7.49. The molecule has 0 bridgehead atoms. The average Bonchev–Trinajstić information content (AvgIpc) is 3.11. The number of likely N-dealkylation sites (tertiary alicyclic amines) is 1. The molecule has 6 nitrogen and oxygen atoms in total. The highest BCUT2D eigenvalue weighted by Crippen LogP contribution is 2.23. The van der Waals surface area contributed by atoms with E-state index in [0.29, 0.717) is 24.6 Å². The van der Waals surface area contributed by atoms with E-state index in [9.17, 15) is 14.7 Å². The summed E-state index contributed by atoms with van der Waals surface area (Å²) in [6.07, 6.45) is 1.29. The van der Waals surface area contributed by atoms with E-state index in [1.165, 1.54) is 4.90 Å². The number of hydrogen-bond donors (Lipinski definition) is 1. The zero-order valence-corrected chi connectivity index (χ0v) is 15.0. The van der Waals surface area contributed by atoms with E-state index in [1.54, 1.807) is 0 Å². The standard InChI is InChI=1S/C19H27N3O3/c1-14(2)20-10-12-21(13-11-20)16-7-5-15(6-8-16)18(23)22-9-3-4-17(22)19(24)25/h5-8,14,17H,3-4,9-13H2,1-2H3,(H,24,25)/t17-/m1/s1. The third kappa shape index (κ3) is 3.79. The summed E-state index contributed by atoms with van der Waals surface area (Å²) >= 11 is 0. The van der Waals surface area contributed by atoms with Crippen molar-refractivity contribution in [1.29, 1.82) is 0 Å². The Balaban J connectivity index is 1.64. The molecule has 25 heavy (non-hydrogen) atoms. The van der Waals surface area contributed by atoms with Gasteiger partial charge in [0.15, 0.2) is 0 Å². The molecule has 0 saturated carbocycles. The van der Waals surface area contributed by atoms with Gasteiger partial charge in [-0.15, -0.1) is 0 Å². The van der Waals surface area contributed by atoms with Crippen LogP contribution in [0.5, 0.6) is 0 Å². The molecule has 3 rings (SSSR count). The Kier molecular flexibility index (Phi) is 5.27. The summed E-state index contributed by atoms with van der Waals surface area (Å²) in [4.78, 5) is 30.2. The second-order valence-corrected chi connectivity index (χ2v) is 7.16. The van der Waals surface area contributed by atoms with Crippen LogP contribution in [-0.2, 0) is 4.79 Å². The molecule has 1 amide bonds. The molecule has 0 spiro atoms. The summed E-state index contributed by atoms with van der Waals surface area (Å²) < 4.78 is 0. The first-order valence-electron chi connectivity index (χ1n) is 9.10. The molecule has 0 unspecified atom stereocenters. The fourth-order valence-electron chi connectivity index (χ4n) is 3.74. The number of benzene rings is 1. The number of amides is 1. The number of carboxylic acid groups (broad SMARTS) is 1. The third-order valence-electron chi connectivity index (χ3n) is 5.32. The van der Waals surface area contributed by atoms with Crippen molar-refractivity contribution in [2.24, 2.45) is 0 Å². The van der Waals surface area contributed by atoms with Gasteiger partial charge >= 0.3 is 5.97 Å². The summed E-state index contributed by atoms with van der Waals surface area (Å²) in [7, 11) is 0. The number of hydrogen-bond acceptors (Lipinski definition) is 4. The molecule has 2 saturated heterocycles. The van der Waals surface area contributed by atoms with Gasteiger partial charge in [-0.3, -0.25) is 9.69 Å². The van der Waals surface area contributed by atoms with Crippen molar-refractivity contribution in [3.8, 4) is 0 Å². The molecule has 6 heteroatoms. The number of carbonyl (C=O) groups is 2. The Morgan fingerprint density at radius 3 is 2.24 bits per heavy atom. The molecule has 2 aliphatic rings. The predicted molar refractivity (Wildman–Crippen MR) is 97.1 cm³/mol. The normalized spacial score (nSPS) is 21.8. The number of aliphatic carboxylic acids is 1. The predicted octanol–water partition coefficient (Wildman–Crippen LogP) is 1.91. The maximum atomic E-state index is 12.6. The minimum absolute atomic E-state index is 0.180. The fraction of sp³-hybridized carbons (Fsp3) is 0.579. The Labute approximate surface area is 149 Å². The van der Waals surface area contributed by atoms with Gasteiger partial charge < -0.3 is 14.9 Å². The maximum absolute atomic E-state index is 12.6. The zero-order chi connectivity index (χ0) is 18.0. The SMILES string of the molecule is CC(C)N1CCN(c2ccc(C(=O)N3CCC[C@@H]3C(=O)O)cc2)CC1. The molecule has 1 N–H and O–H groups in total. The number of piperazine rings is 1. The molecule has 1 aromatic carbocycles. The second-order valence-electron chi connectivity index (χ2n) is 7.16. The van der Waals surface area contributed by atoms with E-state index in [2.05, 4.69) is 23.6 Å². The van der Waals surface area contributed by atoms with Crippen LogP contribution in [-0.4, -0.2) is 71.6 Å². The van der Waals surface area contributed by atoms with Crippen LogP contribution in [0.4, 0.5) is 5.69 Å². The van der Waals surface area contributed by atoms with Crippen molar-refractivity contribution in [2.45, 2.75) is 38.8 Å². The molecule has 2 heterocycles. The van der Waals surface area contributed by atoms with Gasteiger partial charge in [0.1, 0.15) is 6.04 Å². The Hall–Kier alpha value is -2.08. The first kappa shape index (κ1) is 17.7. The lowest BCUT2D eigenvalue weighted by Crippen LogP contribution is -2.48. The minimum atomic E-state index is -0.912. The van der Waals surface area contributed by atoms with Gasteiger partial charge in [-0.1, -0.05) is 0 Å². The van der Waals surface area contributed by atoms with Crippen LogP contribution in [0.1, 0.15) is 37.0 Å². The molecule has 2 aliphatic heterocycles. The highest BCUT2D eigenvalue weighted by Gasteiger charge is 2.34. The first-order chi connectivity index (χ1) is 12.0. The van der Waals surface area contributed by atoms with Gasteiger partial charge in [0.2, 0.25) is 0 Å². The third-order valence-corrected chi connectivity index (χ3v) is 5.32. The van der Waals surface area contributed by atoms with Crippen molar-refractivity contribution < 1.29 is 14.7 Å². The molecular formula is C19H27N3O3.